The molecule has 1 aromatic rings. The largest absolute Gasteiger partial charge is 0.497 e. The molecule has 0 spiro atoms. The highest BCUT2D eigenvalue weighted by Crippen LogP contribution is 2.42. The van der Waals surface area contributed by atoms with Gasteiger partial charge in [0, 0.05) is 18.6 Å². The molecule has 1 amide bonds. The zero-order chi connectivity index (χ0) is 17.2. The fraction of sp³-hybridized carbons (Fsp3) is 0.632. The van der Waals surface area contributed by atoms with Gasteiger partial charge in [0.05, 0.1) is 19.1 Å². The summed E-state index contributed by atoms with van der Waals surface area (Å²) < 4.78 is 5.24. The van der Waals surface area contributed by atoms with Gasteiger partial charge in [-0.1, -0.05) is 25.0 Å². The molecule has 1 aliphatic carbocycles. The highest BCUT2D eigenvalue weighted by Gasteiger charge is 2.44. The van der Waals surface area contributed by atoms with Gasteiger partial charge < -0.3 is 15.2 Å². The van der Waals surface area contributed by atoms with Gasteiger partial charge in [0.1, 0.15) is 5.75 Å². The van der Waals surface area contributed by atoms with Crippen LogP contribution in [0.4, 0.5) is 0 Å². The number of hydrogen-bond donors (Lipinski definition) is 2. The first-order valence-corrected chi connectivity index (χ1v) is 8.85. The summed E-state index contributed by atoms with van der Waals surface area (Å²) in [4.78, 5) is 15.3. The van der Waals surface area contributed by atoms with Gasteiger partial charge in [-0.3, -0.25) is 9.69 Å². The fourth-order valence-corrected chi connectivity index (χ4v) is 4.26. The maximum atomic E-state index is 13.2. The molecule has 5 heteroatoms. The highest BCUT2D eigenvalue weighted by molar-refractivity contribution is 5.89. The summed E-state index contributed by atoms with van der Waals surface area (Å²) in [5, 5.41) is 12.7. The Morgan fingerprint density at radius 3 is 2.54 bits per heavy atom. The minimum atomic E-state index is -0.415. The van der Waals surface area contributed by atoms with Crippen LogP contribution in [0.15, 0.2) is 24.3 Å². The SMILES string of the molecule is COc1ccc(C2(C(=O)N[C@@H]3C[C@@H](CO)N(C)C3)CCCC2)cc1. The van der Waals surface area contributed by atoms with Crippen LogP contribution in [0.3, 0.4) is 0 Å². The number of likely N-dealkylation sites (tertiary alicyclic amines) is 1. The van der Waals surface area contributed by atoms with Crippen molar-refractivity contribution in [2.75, 3.05) is 27.3 Å². The van der Waals surface area contributed by atoms with Crippen LogP contribution in [0.5, 0.6) is 5.75 Å². The molecular formula is C19H28N2O3. The van der Waals surface area contributed by atoms with E-state index in [-0.39, 0.29) is 24.6 Å². The third-order valence-electron chi connectivity index (χ3n) is 5.77. The van der Waals surface area contributed by atoms with Gasteiger partial charge in [-0.15, -0.1) is 0 Å². The van der Waals surface area contributed by atoms with E-state index in [2.05, 4.69) is 10.2 Å². The van der Waals surface area contributed by atoms with E-state index in [0.29, 0.717) is 0 Å². The van der Waals surface area contributed by atoms with Crippen LogP contribution in [0, 0.1) is 0 Å². The van der Waals surface area contributed by atoms with Gasteiger partial charge in [-0.05, 0) is 44.0 Å². The Morgan fingerprint density at radius 1 is 1.33 bits per heavy atom. The summed E-state index contributed by atoms with van der Waals surface area (Å²) in [6.07, 6.45) is 4.79. The number of carbonyl (C=O) groups excluding carboxylic acids is 1. The standard InChI is InChI=1S/C19H28N2O3/c1-21-12-15(11-16(21)13-22)20-18(23)19(9-3-4-10-19)14-5-7-17(24-2)8-6-14/h5-8,15-16,22H,3-4,9-13H2,1-2H3,(H,20,23)/t15-,16+/m1/s1. The molecule has 0 bridgehead atoms. The van der Waals surface area contributed by atoms with Gasteiger partial charge in [-0.2, -0.15) is 0 Å². The van der Waals surface area contributed by atoms with E-state index in [1.807, 2.05) is 31.3 Å². The number of rotatable bonds is 5. The van der Waals surface area contributed by atoms with Gasteiger partial charge in [0.25, 0.3) is 0 Å². The van der Waals surface area contributed by atoms with Gasteiger partial charge in [0.15, 0.2) is 0 Å². The highest BCUT2D eigenvalue weighted by atomic mass is 16.5. The number of methoxy groups -OCH3 is 1. The lowest BCUT2D eigenvalue weighted by Crippen LogP contribution is -2.47. The van der Waals surface area contributed by atoms with Crippen molar-refractivity contribution in [3.8, 4) is 5.75 Å². The lowest BCUT2D eigenvalue weighted by molar-refractivity contribution is -0.127. The van der Waals surface area contributed by atoms with E-state index in [4.69, 9.17) is 4.74 Å². The third kappa shape index (κ3) is 3.15. The van der Waals surface area contributed by atoms with E-state index in [0.717, 1.165) is 50.0 Å². The zero-order valence-corrected chi connectivity index (χ0v) is 14.6. The van der Waals surface area contributed by atoms with Crippen molar-refractivity contribution in [3.63, 3.8) is 0 Å². The minimum Gasteiger partial charge on any atom is -0.497 e. The molecule has 2 atom stereocenters. The quantitative estimate of drug-likeness (QED) is 0.861. The summed E-state index contributed by atoms with van der Waals surface area (Å²) in [5.74, 6) is 0.956. The molecule has 2 fully saturated rings. The molecule has 1 aliphatic heterocycles. The second-order valence-electron chi connectivity index (χ2n) is 7.20. The maximum Gasteiger partial charge on any atom is 0.230 e. The van der Waals surface area contributed by atoms with Crippen LogP contribution >= 0.6 is 0 Å². The lowest BCUT2D eigenvalue weighted by atomic mass is 9.77. The van der Waals surface area contributed by atoms with Crippen LogP contribution in [-0.4, -0.2) is 55.3 Å². The predicted molar refractivity (Wildman–Crippen MR) is 93.2 cm³/mol. The van der Waals surface area contributed by atoms with Crippen LogP contribution in [0.25, 0.3) is 0 Å². The van der Waals surface area contributed by atoms with E-state index in [1.165, 1.54) is 0 Å². The molecule has 0 radical (unpaired) electrons. The number of nitrogens with zero attached hydrogens (tertiary/aromatic N) is 1. The molecule has 3 rings (SSSR count). The number of aliphatic hydroxyl groups is 1. The van der Waals surface area contributed by atoms with E-state index in [9.17, 15) is 9.90 Å². The Hall–Kier alpha value is -1.59. The molecule has 0 unspecified atom stereocenters. The number of hydrogen-bond acceptors (Lipinski definition) is 4. The Bertz CT molecular complexity index is 566. The normalized spacial score (nSPS) is 26.5. The molecule has 2 N–H and O–H groups in total. The fourth-order valence-electron chi connectivity index (χ4n) is 4.26. The molecule has 24 heavy (non-hydrogen) atoms. The first-order valence-electron chi connectivity index (χ1n) is 8.85. The number of aliphatic hydroxyl groups excluding tert-OH is 1. The average Bonchev–Trinajstić information content (AvgIpc) is 3.22. The molecule has 5 nitrogen and oxygen atoms in total. The van der Waals surface area contributed by atoms with Crippen molar-refractivity contribution < 1.29 is 14.6 Å². The number of ether oxygens (including phenoxy) is 1. The Balaban J connectivity index is 1.76. The Labute approximate surface area is 144 Å². The first-order chi connectivity index (χ1) is 11.6. The molecule has 1 saturated heterocycles. The number of likely N-dealkylation sites (N-methyl/N-ethyl adjacent to an activating group) is 1. The van der Waals surface area contributed by atoms with E-state index >= 15 is 0 Å². The van der Waals surface area contributed by atoms with E-state index < -0.39 is 5.41 Å². The van der Waals surface area contributed by atoms with Crippen LogP contribution in [-0.2, 0) is 10.2 Å². The smallest absolute Gasteiger partial charge is 0.230 e. The van der Waals surface area contributed by atoms with Crippen LogP contribution in [0.2, 0.25) is 0 Å². The Kier molecular flexibility index (Phi) is 5.11. The van der Waals surface area contributed by atoms with Gasteiger partial charge in [-0.25, -0.2) is 0 Å². The molecule has 1 heterocycles. The summed E-state index contributed by atoms with van der Waals surface area (Å²) >= 11 is 0. The van der Waals surface area contributed by atoms with Gasteiger partial charge in [0.2, 0.25) is 5.91 Å². The zero-order valence-electron chi connectivity index (χ0n) is 14.6. The molecule has 1 aromatic carbocycles. The second kappa shape index (κ2) is 7.11. The monoisotopic (exact) mass is 332 g/mol. The topological polar surface area (TPSA) is 61.8 Å². The lowest BCUT2D eigenvalue weighted by Gasteiger charge is -2.30. The van der Waals surface area contributed by atoms with E-state index in [1.54, 1.807) is 7.11 Å². The molecule has 1 saturated carbocycles. The predicted octanol–water partition coefficient (Wildman–Crippen LogP) is 1.69. The molecule has 132 valence electrons. The minimum absolute atomic E-state index is 0.121. The van der Waals surface area contributed by atoms with Crippen molar-refractivity contribution in [3.05, 3.63) is 29.8 Å². The van der Waals surface area contributed by atoms with Crippen molar-refractivity contribution in [1.82, 2.24) is 10.2 Å². The Morgan fingerprint density at radius 2 is 2.00 bits per heavy atom. The van der Waals surface area contributed by atoms with Crippen molar-refractivity contribution in [2.45, 2.75) is 49.6 Å². The van der Waals surface area contributed by atoms with Crippen molar-refractivity contribution >= 4 is 5.91 Å². The molecule has 2 aliphatic rings. The van der Waals surface area contributed by atoms with Gasteiger partial charge >= 0.3 is 0 Å². The van der Waals surface area contributed by atoms with Crippen molar-refractivity contribution in [2.24, 2.45) is 0 Å². The van der Waals surface area contributed by atoms with Crippen LogP contribution in [0.1, 0.15) is 37.7 Å². The second-order valence-corrected chi connectivity index (χ2v) is 7.20. The number of amides is 1. The molecule has 0 aromatic heterocycles. The number of carbonyl (C=O) groups is 1. The summed E-state index contributed by atoms with van der Waals surface area (Å²) in [7, 11) is 3.66. The summed E-state index contributed by atoms with van der Waals surface area (Å²) in [5.41, 5.74) is 0.672. The van der Waals surface area contributed by atoms with Crippen LogP contribution < -0.4 is 10.1 Å². The first kappa shape index (κ1) is 17.2. The molecular weight excluding hydrogens is 304 g/mol. The average molecular weight is 332 g/mol. The maximum absolute atomic E-state index is 13.2. The third-order valence-corrected chi connectivity index (χ3v) is 5.77. The summed E-state index contributed by atoms with van der Waals surface area (Å²) in [6.45, 7) is 0.947. The summed E-state index contributed by atoms with van der Waals surface area (Å²) in [6, 6.07) is 8.20. The number of nitrogens with one attached hydrogen (secondary N) is 1. The number of benzene rings is 1. The van der Waals surface area contributed by atoms with Crippen molar-refractivity contribution in [1.29, 1.82) is 0 Å².